The molecule has 0 spiro atoms. The Bertz CT molecular complexity index is 388. The van der Waals surface area contributed by atoms with Gasteiger partial charge in [0.2, 0.25) is 0 Å². The molecule has 1 aromatic rings. The summed E-state index contributed by atoms with van der Waals surface area (Å²) < 4.78 is 5.43. The number of hydrogen-bond acceptors (Lipinski definition) is 4. The second-order valence-corrected chi connectivity index (χ2v) is 4.84. The highest BCUT2D eigenvalue weighted by atomic mass is 16.5. The van der Waals surface area contributed by atoms with E-state index in [0.717, 1.165) is 50.1 Å². The van der Waals surface area contributed by atoms with Crippen LogP contribution in [0.4, 0.5) is 5.82 Å². The Morgan fingerprint density at radius 1 is 1.47 bits per heavy atom. The van der Waals surface area contributed by atoms with Crippen LogP contribution in [0.2, 0.25) is 0 Å². The predicted molar refractivity (Wildman–Crippen MR) is 67.1 cm³/mol. The Labute approximate surface area is 102 Å². The van der Waals surface area contributed by atoms with Gasteiger partial charge in [-0.2, -0.15) is 0 Å². The van der Waals surface area contributed by atoms with Crippen LogP contribution < -0.4 is 10.6 Å². The topological polar surface area (TPSA) is 46.2 Å². The van der Waals surface area contributed by atoms with Gasteiger partial charge in [-0.15, -0.1) is 0 Å². The normalized spacial score (nSPS) is 23.4. The van der Waals surface area contributed by atoms with Crippen molar-refractivity contribution in [2.75, 3.05) is 31.6 Å². The molecule has 1 aromatic heterocycles. The molecule has 17 heavy (non-hydrogen) atoms. The van der Waals surface area contributed by atoms with E-state index in [1.165, 1.54) is 12.0 Å². The Kier molecular flexibility index (Phi) is 3.25. The van der Waals surface area contributed by atoms with E-state index in [2.05, 4.69) is 27.8 Å². The lowest BCUT2D eigenvalue weighted by Gasteiger charge is -2.17. The molecular weight excluding hydrogens is 214 g/mol. The van der Waals surface area contributed by atoms with Crippen LogP contribution in [0, 0.1) is 5.92 Å². The maximum absolute atomic E-state index is 5.43. The second kappa shape index (κ2) is 5.02. The van der Waals surface area contributed by atoms with Crippen LogP contribution in [0.3, 0.4) is 0 Å². The summed E-state index contributed by atoms with van der Waals surface area (Å²) in [6.07, 6.45) is 2.26. The first-order chi connectivity index (χ1) is 8.42. The number of pyridine rings is 1. The minimum Gasteiger partial charge on any atom is -0.375 e. The molecule has 2 aliphatic rings. The van der Waals surface area contributed by atoms with Gasteiger partial charge in [0.05, 0.1) is 18.9 Å². The van der Waals surface area contributed by atoms with Gasteiger partial charge in [0.15, 0.2) is 0 Å². The third kappa shape index (κ3) is 2.58. The minimum absolute atomic E-state index is 0.663. The molecular formula is C13H19N3O. The van der Waals surface area contributed by atoms with E-state index in [0.29, 0.717) is 6.61 Å². The van der Waals surface area contributed by atoms with Crippen molar-refractivity contribution in [1.82, 2.24) is 10.3 Å². The van der Waals surface area contributed by atoms with Crippen LogP contribution in [0.15, 0.2) is 12.1 Å². The molecule has 3 rings (SSSR count). The van der Waals surface area contributed by atoms with E-state index in [-0.39, 0.29) is 0 Å². The van der Waals surface area contributed by atoms with Gasteiger partial charge in [0, 0.05) is 6.54 Å². The van der Waals surface area contributed by atoms with E-state index >= 15 is 0 Å². The molecule has 1 unspecified atom stereocenters. The lowest BCUT2D eigenvalue weighted by Crippen LogP contribution is -2.19. The molecule has 0 bridgehead atoms. The zero-order valence-corrected chi connectivity index (χ0v) is 10.0. The van der Waals surface area contributed by atoms with Crippen LogP contribution in [0.5, 0.6) is 0 Å². The molecule has 3 heterocycles. The van der Waals surface area contributed by atoms with Crippen molar-refractivity contribution >= 4 is 5.82 Å². The fourth-order valence-corrected chi connectivity index (χ4v) is 2.47. The van der Waals surface area contributed by atoms with E-state index in [9.17, 15) is 0 Å². The summed E-state index contributed by atoms with van der Waals surface area (Å²) in [6, 6.07) is 4.27. The van der Waals surface area contributed by atoms with Crippen LogP contribution in [-0.2, 0) is 17.8 Å². The summed E-state index contributed by atoms with van der Waals surface area (Å²) in [5, 5.41) is 6.81. The van der Waals surface area contributed by atoms with Crippen LogP contribution in [0.25, 0.3) is 0 Å². The molecule has 2 N–H and O–H groups in total. The second-order valence-electron chi connectivity index (χ2n) is 4.84. The molecule has 2 aliphatic heterocycles. The first-order valence-corrected chi connectivity index (χ1v) is 6.43. The molecule has 0 aliphatic carbocycles. The fraction of sp³-hybridized carbons (Fsp3) is 0.615. The maximum atomic E-state index is 5.43. The number of nitrogens with one attached hydrogen (secondary N) is 2. The van der Waals surface area contributed by atoms with E-state index < -0.39 is 0 Å². The number of aromatic nitrogens is 1. The van der Waals surface area contributed by atoms with E-state index in [1.807, 2.05) is 0 Å². The highest BCUT2D eigenvalue weighted by molar-refractivity contribution is 5.39. The quantitative estimate of drug-likeness (QED) is 0.823. The van der Waals surface area contributed by atoms with Gasteiger partial charge in [-0.3, -0.25) is 0 Å². The zero-order chi connectivity index (χ0) is 11.5. The Morgan fingerprint density at radius 2 is 2.47 bits per heavy atom. The monoisotopic (exact) mass is 233 g/mol. The van der Waals surface area contributed by atoms with Crippen LogP contribution >= 0.6 is 0 Å². The number of hydrogen-bond donors (Lipinski definition) is 2. The largest absolute Gasteiger partial charge is 0.375 e. The third-order valence-electron chi connectivity index (χ3n) is 3.56. The fourth-order valence-electron chi connectivity index (χ4n) is 2.47. The minimum atomic E-state index is 0.663. The van der Waals surface area contributed by atoms with E-state index in [4.69, 9.17) is 4.74 Å². The zero-order valence-electron chi connectivity index (χ0n) is 10.0. The van der Waals surface area contributed by atoms with Gasteiger partial charge in [0.1, 0.15) is 5.82 Å². The van der Waals surface area contributed by atoms with Crippen molar-refractivity contribution in [2.24, 2.45) is 5.92 Å². The lowest BCUT2D eigenvalue weighted by atomic mass is 10.1. The smallest absolute Gasteiger partial charge is 0.126 e. The summed E-state index contributed by atoms with van der Waals surface area (Å²) in [7, 11) is 0. The molecule has 92 valence electrons. The Morgan fingerprint density at radius 3 is 3.35 bits per heavy atom. The van der Waals surface area contributed by atoms with Crippen molar-refractivity contribution in [3.05, 3.63) is 23.4 Å². The summed E-state index contributed by atoms with van der Waals surface area (Å²) >= 11 is 0. The Balaban J connectivity index is 1.62. The molecule has 0 aromatic carbocycles. The number of nitrogens with zero attached hydrogens (tertiary/aromatic N) is 1. The number of fused-ring (bicyclic) bond motifs is 1. The van der Waals surface area contributed by atoms with Gasteiger partial charge in [-0.1, -0.05) is 6.07 Å². The standard InChI is InChI=1S/C13H19N3O/c1-2-13(15-8-10-3-5-14-7-10)16-12-9-17-6-4-11(1)12/h1-2,10,14H,3-9H2,(H,15,16). The Hall–Kier alpha value is -1.13. The summed E-state index contributed by atoms with van der Waals surface area (Å²) in [6.45, 7) is 4.78. The molecule has 1 fully saturated rings. The molecule has 0 saturated carbocycles. The first-order valence-electron chi connectivity index (χ1n) is 6.43. The average Bonchev–Trinajstić information content (AvgIpc) is 2.89. The highest BCUT2D eigenvalue weighted by Crippen LogP contribution is 2.17. The number of ether oxygens (including phenoxy) is 1. The van der Waals surface area contributed by atoms with Crippen molar-refractivity contribution < 1.29 is 4.74 Å². The van der Waals surface area contributed by atoms with Crippen molar-refractivity contribution in [2.45, 2.75) is 19.4 Å². The summed E-state index contributed by atoms with van der Waals surface area (Å²) in [4.78, 5) is 4.62. The van der Waals surface area contributed by atoms with Crippen molar-refractivity contribution in [3.63, 3.8) is 0 Å². The van der Waals surface area contributed by atoms with Gasteiger partial charge >= 0.3 is 0 Å². The van der Waals surface area contributed by atoms with Gasteiger partial charge in [0.25, 0.3) is 0 Å². The maximum Gasteiger partial charge on any atom is 0.126 e. The van der Waals surface area contributed by atoms with Gasteiger partial charge in [-0.25, -0.2) is 4.98 Å². The van der Waals surface area contributed by atoms with Crippen molar-refractivity contribution in [3.8, 4) is 0 Å². The first kappa shape index (κ1) is 11.0. The van der Waals surface area contributed by atoms with Gasteiger partial charge < -0.3 is 15.4 Å². The molecule has 0 amide bonds. The summed E-state index contributed by atoms with van der Waals surface area (Å²) in [5.74, 6) is 1.73. The van der Waals surface area contributed by atoms with Gasteiger partial charge in [-0.05, 0) is 43.5 Å². The lowest BCUT2D eigenvalue weighted by molar-refractivity contribution is 0.107. The number of anilines is 1. The summed E-state index contributed by atoms with van der Waals surface area (Å²) in [5.41, 5.74) is 2.44. The molecule has 4 nitrogen and oxygen atoms in total. The predicted octanol–water partition coefficient (Wildman–Crippen LogP) is 1.18. The van der Waals surface area contributed by atoms with E-state index in [1.54, 1.807) is 0 Å². The molecule has 1 atom stereocenters. The van der Waals surface area contributed by atoms with Crippen LogP contribution in [-0.4, -0.2) is 31.2 Å². The molecule has 1 saturated heterocycles. The average molecular weight is 233 g/mol. The third-order valence-corrected chi connectivity index (χ3v) is 3.56. The number of rotatable bonds is 3. The SMILES string of the molecule is c1cc2c(nc1NCC1CCNC1)COCC2. The van der Waals surface area contributed by atoms with Crippen LogP contribution in [0.1, 0.15) is 17.7 Å². The highest BCUT2D eigenvalue weighted by Gasteiger charge is 2.15. The van der Waals surface area contributed by atoms with Crippen molar-refractivity contribution in [1.29, 1.82) is 0 Å². The molecule has 4 heteroatoms. The molecule has 0 radical (unpaired) electrons.